The van der Waals surface area contributed by atoms with Crippen LogP contribution in [0.3, 0.4) is 0 Å². The van der Waals surface area contributed by atoms with Crippen molar-refractivity contribution in [2.24, 2.45) is 0 Å². The lowest BCUT2D eigenvalue weighted by Gasteiger charge is -2.12. The van der Waals surface area contributed by atoms with Crippen molar-refractivity contribution in [2.45, 2.75) is 40.0 Å². The van der Waals surface area contributed by atoms with E-state index in [1.165, 1.54) is 0 Å². The van der Waals surface area contributed by atoms with E-state index in [1.807, 2.05) is 46.8 Å². The number of rotatable bonds is 3. The van der Waals surface area contributed by atoms with Crippen LogP contribution in [-0.2, 0) is 5.41 Å². The highest BCUT2D eigenvalue weighted by molar-refractivity contribution is 6.31. The number of nitrogens with zero attached hydrogens (tertiary/aromatic N) is 3. The van der Waals surface area contributed by atoms with Crippen LogP contribution in [-0.4, -0.2) is 20.8 Å². The Morgan fingerprint density at radius 3 is 2.35 bits per heavy atom. The summed E-state index contributed by atoms with van der Waals surface area (Å²) in [5.74, 6) is 0.857. The van der Waals surface area contributed by atoms with Gasteiger partial charge in [-0.2, -0.15) is 5.10 Å². The molecule has 3 aromatic rings. The van der Waals surface area contributed by atoms with Crippen molar-refractivity contribution in [1.29, 1.82) is 0 Å². The number of carbonyl (C=O) groups excluding carboxylic acids is 1. The number of carbonyl (C=O) groups is 1. The maximum absolute atomic E-state index is 12.4. The average molecular weight is 373 g/mol. The van der Waals surface area contributed by atoms with Crippen LogP contribution in [0.4, 0.5) is 5.82 Å². The van der Waals surface area contributed by atoms with E-state index in [-0.39, 0.29) is 11.3 Å². The van der Waals surface area contributed by atoms with Crippen molar-refractivity contribution >= 4 is 23.3 Å². The van der Waals surface area contributed by atoms with Gasteiger partial charge in [-0.15, -0.1) is 0 Å². The summed E-state index contributed by atoms with van der Waals surface area (Å²) in [5, 5.41) is 11.7. The van der Waals surface area contributed by atoms with Crippen molar-refractivity contribution < 1.29 is 9.32 Å². The maximum Gasteiger partial charge on any atom is 0.256 e. The van der Waals surface area contributed by atoms with E-state index >= 15 is 0 Å². The molecule has 1 aromatic carbocycles. The molecule has 136 valence electrons. The van der Waals surface area contributed by atoms with Gasteiger partial charge in [0.1, 0.15) is 5.76 Å². The number of aryl methyl sites for hydroxylation is 1. The first-order valence-corrected chi connectivity index (χ1v) is 8.65. The molecule has 0 aliphatic heterocycles. The van der Waals surface area contributed by atoms with Crippen molar-refractivity contribution in [3.8, 4) is 5.69 Å². The first kappa shape index (κ1) is 18.2. The molecule has 0 bridgehead atoms. The van der Waals surface area contributed by atoms with Crippen LogP contribution in [0.2, 0.25) is 5.02 Å². The molecular weight excluding hydrogens is 352 g/mol. The van der Waals surface area contributed by atoms with Gasteiger partial charge in [0.05, 0.1) is 22.1 Å². The minimum Gasteiger partial charge on any atom is -0.359 e. The van der Waals surface area contributed by atoms with Crippen LogP contribution in [0.25, 0.3) is 5.69 Å². The topological polar surface area (TPSA) is 73.0 Å². The molecule has 26 heavy (non-hydrogen) atoms. The predicted octanol–water partition coefficient (Wildman–Crippen LogP) is 4.68. The maximum atomic E-state index is 12.4. The van der Waals surface area contributed by atoms with E-state index in [9.17, 15) is 4.79 Å². The molecule has 0 saturated heterocycles. The third kappa shape index (κ3) is 3.51. The SMILES string of the molecule is Cc1nn(-c2ccc(C(=O)Nc3cc(C(C)(C)C)on3)cc2)c(C)c1Cl. The Labute approximate surface area is 157 Å². The summed E-state index contributed by atoms with van der Waals surface area (Å²) in [7, 11) is 0. The average Bonchev–Trinajstić information content (AvgIpc) is 3.15. The quantitative estimate of drug-likeness (QED) is 0.724. The van der Waals surface area contributed by atoms with Crippen molar-refractivity contribution in [1.82, 2.24) is 14.9 Å². The number of aromatic nitrogens is 3. The number of hydrogen-bond acceptors (Lipinski definition) is 4. The molecule has 0 radical (unpaired) electrons. The summed E-state index contributed by atoms with van der Waals surface area (Å²) in [4.78, 5) is 12.4. The largest absolute Gasteiger partial charge is 0.359 e. The standard InChI is InChI=1S/C19H21ClN4O2/c1-11-17(20)12(2)24(22-11)14-8-6-13(7-9-14)18(25)21-16-10-15(26-23-16)19(3,4)5/h6-10H,1-5H3,(H,21,23,25). The number of benzene rings is 1. The highest BCUT2D eigenvalue weighted by Crippen LogP contribution is 2.25. The van der Waals surface area contributed by atoms with Crippen LogP contribution in [0, 0.1) is 13.8 Å². The third-order valence-electron chi connectivity index (χ3n) is 4.07. The summed E-state index contributed by atoms with van der Waals surface area (Å²) in [6, 6.07) is 8.87. The Hall–Kier alpha value is -2.60. The molecular formula is C19H21ClN4O2. The van der Waals surface area contributed by atoms with Gasteiger partial charge in [0.2, 0.25) is 0 Å². The Kier molecular flexibility index (Phi) is 4.63. The second kappa shape index (κ2) is 6.61. The number of halogens is 1. The zero-order valence-electron chi connectivity index (χ0n) is 15.4. The smallest absolute Gasteiger partial charge is 0.256 e. The Morgan fingerprint density at radius 1 is 1.19 bits per heavy atom. The van der Waals surface area contributed by atoms with E-state index in [0.29, 0.717) is 22.2 Å². The molecule has 6 nitrogen and oxygen atoms in total. The Morgan fingerprint density at radius 2 is 1.85 bits per heavy atom. The molecule has 1 N–H and O–H groups in total. The third-order valence-corrected chi connectivity index (χ3v) is 4.62. The number of amides is 1. The first-order chi connectivity index (χ1) is 12.2. The monoisotopic (exact) mass is 372 g/mol. The van der Waals surface area contributed by atoms with Gasteiger partial charge in [-0.05, 0) is 38.1 Å². The molecule has 0 fully saturated rings. The fourth-order valence-corrected chi connectivity index (χ4v) is 2.62. The van der Waals surface area contributed by atoms with Crippen LogP contribution < -0.4 is 5.32 Å². The fraction of sp³-hybridized carbons (Fsp3) is 0.316. The molecule has 0 aliphatic rings. The van der Waals surface area contributed by atoms with Gasteiger partial charge in [0.15, 0.2) is 5.82 Å². The molecule has 0 aliphatic carbocycles. The lowest BCUT2D eigenvalue weighted by atomic mass is 9.93. The van der Waals surface area contributed by atoms with Crippen molar-refractivity contribution in [3.05, 3.63) is 58.1 Å². The molecule has 0 spiro atoms. The zero-order chi connectivity index (χ0) is 19.1. The summed E-state index contributed by atoms with van der Waals surface area (Å²) < 4.78 is 7.04. The van der Waals surface area contributed by atoms with Gasteiger partial charge >= 0.3 is 0 Å². The van der Waals surface area contributed by atoms with E-state index in [2.05, 4.69) is 15.6 Å². The van der Waals surface area contributed by atoms with E-state index in [4.69, 9.17) is 16.1 Å². The minimum atomic E-state index is -0.253. The normalized spacial score (nSPS) is 11.6. The molecule has 0 atom stereocenters. The van der Waals surface area contributed by atoms with Crippen molar-refractivity contribution in [2.75, 3.05) is 5.32 Å². The zero-order valence-corrected chi connectivity index (χ0v) is 16.2. The van der Waals surface area contributed by atoms with Gasteiger partial charge in [0.25, 0.3) is 5.91 Å². The Balaban J connectivity index is 1.77. The van der Waals surface area contributed by atoms with Gasteiger partial charge < -0.3 is 9.84 Å². The van der Waals surface area contributed by atoms with E-state index in [0.717, 1.165) is 17.1 Å². The van der Waals surface area contributed by atoms with Crippen LogP contribution in [0.5, 0.6) is 0 Å². The molecule has 1 amide bonds. The molecule has 2 heterocycles. The van der Waals surface area contributed by atoms with Crippen LogP contribution in [0.1, 0.15) is 48.3 Å². The lowest BCUT2D eigenvalue weighted by molar-refractivity contribution is 0.102. The molecule has 0 saturated carbocycles. The Bertz CT molecular complexity index is 949. The van der Waals surface area contributed by atoms with Gasteiger partial charge in [-0.3, -0.25) is 4.79 Å². The second-order valence-electron chi connectivity index (χ2n) is 7.22. The molecule has 0 unspecified atom stereocenters. The van der Waals surface area contributed by atoms with Gasteiger partial charge in [-0.25, -0.2) is 4.68 Å². The molecule has 2 aromatic heterocycles. The highest BCUT2D eigenvalue weighted by atomic mass is 35.5. The second-order valence-corrected chi connectivity index (χ2v) is 7.60. The van der Waals surface area contributed by atoms with Crippen LogP contribution in [0.15, 0.2) is 34.9 Å². The fourth-order valence-electron chi connectivity index (χ4n) is 2.51. The number of anilines is 1. The van der Waals surface area contributed by atoms with E-state index < -0.39 is 0 Å². The first-order valence-electron chi connectivity index (χ1n) is 8.27. The van der Waals surface area contributed by atoms with Gasteiger partial charge in [0, 0.05) is 17.0 Å². The highest BCUT2D eigenvalue weighted by Gasteiger charge is 2.20. The minimum absolute atomic E-state index is 0.168. The number of nitrogens with one attached hydrogen (secondary N) is 1. The number of hydrogen-bond donors (Lipinski definition) is 1. The predicted molar refractivity (Wildman–Crippen MR) is 101 cm³/mol. The summed E-state index contributed by atoms with van der Waals surface area (Å²) in [6.07, 6.45) is 0. The lowest BCUT2D eigenvalue weighted by Crippen LogP contribution is -2.12. The molecule has 7 heteroatoms. The van der Waals surface area contributed by atoms with Gasteiger partial charge in [-0.1, -0.05) is 37.5 Å². The van der Waals surface area contributed by atoms with Crippen LogP contribution >= 0.6 is 11.6 Å². The summed E-state index contributed by atoms with van der Waals surface area (Å²) in [5.41, 5.74) is 2.82. The summed E-state index contributed by atoms with van der Waals surface area (Å²) >= 11 is 6.19. The van der Waals surface area contributed by atoms with E-state index in [1.54, 1.807) is 22.9 Å². The molecule has 3 rings (SSSR count). The summed E-state index contributed by atoms with van der Waals surface area (Å²) in [6.45, 7) is 9.81. The van der Waals surface area contributed by atoms with Crippen molar-refractivity contribution in [3.63, 3.8) is 0 Å².